The molecule has 1 aromatic heterocycles. The first-order valence-electron chi connectivity index (χ1n) is 4.99. The second kappa shape index (κ2) is 6.51. The van der Waals surface area contributed by atoms with E-state index in [-0.39, 0.29) is 5.75 Å². The van der Waals surface area contributed by atoms with Gasteiger partial charge in [-0.15, -0.1) is 22.9 Å². The molecule has 0 bridgehead atoms. The third kappa shape index (κ3) is 4.53. The summed E-state index contributed by atoms with van der Waals surface area (Å²) in [5.74, 6) is 0.924. The summed E-state index contributed by atoms with van der Waals surface area (Å²) in [5.41, 5.74) is 0. The first kappa shape index (κ1) is 13.0. The first-order chi connectivity index (χ1) is 7.17. The van der Waals surface area contributed by atoms with Crippen LogP contribution in [0.3, 0.4) is 0 Å². The van der Waals surface area contributed by atoms with Crippen LogP contribution in [0.1, 0.15) is 25.7 Å². The van der Waals surface area contributed by atoms with Crippen LogP contribution in [0.5, 0.6) is 0 Å². The molecule has 15 heavy (non-hydrogen) atoms. The van der Waals surface area contributed by atoms with Crippen LogP contribution >= 0.6 is 22.9 Å². The summed E-state index contributed by atoms with van der Waals surface area (Å²) < 4.78 is 23.9. The molecule has 0 atom stereocenters. The summed E-state index contributed by atoms with van der Waals surface area (Å²) in [4.78, 5) is 0. The Morgan fingerprint density at radius 3 is 2.53 bits per heavy atom. The van der Waals surface area contributed by atoms with Crippen molar-refractivity contribution < 1.29 is 8.42 Å². The van der Waals surface area contributed by atoms with Gasteiger partial charge in [-0.1, -0.05) is 18.9 Å². The minimum atomic E-state index is -3.02. The lowest BCUT2D eigenvalue weighted by Gasteiger charge is -2.01. The van der Waals surface area contributed by atoms with Gasteiger partial charge in [0.1, 0.15) is 4.21 Å². The van der Waals surface area contributed by atoms with Crippen molar-refractivity contribution in [3.05, 3.63) is 17.5 Å². The van der Waals surface area contributed by atoms with Gasteiger partial charge >= 0.3 is 0 Å². The monoisotopic (exact) mass is 266 g/mol. The molecule has 5 heteroatoms. The van der Waals surface area contributed by atoms with Gasteiger partial charge in [0.25, 0.3) is 0 Å². The van der Waals surface area contributed by atoms with Crippen molar-refractivity contribution in [2.75, 3.05) is 11.6 Å². The van der Waals surface area contributed by atoms with E-state index in [1.54, 1.807) is 17.5 Å². The minimum absolute atomic E-state index is 0.260. The predicted octanol–water partition coefficient (Wildman–Crippen LogP) is 3.32. The zero-order valence-corrected chi connectivity index (χ0v) is 10.9. The highest BCUT2D eigenvalue weighted by Crippen LogP contribution is 2.18. The molecule has 2 nitrogen and oxygen atoms in total. The van der Waals surface area contributed by atoms with E-state index in [0.29, 0.717) is 10.1 Å². The van der Waals surface area contributed by atoms with E-state index in [1.807, 2.05) is 0 Å². The van der Waals surface area contributed by atoms with Crippen LogP contribution < -0.4 is 0 Å². The van der Waals surface area contributed by atoms with Crippen molar-refractivity contribution in [2.24, 2.45) is 0 Å². The summed E-state index contributed by atoms with van der Waals surface area (Å²) in [5, 5.41) is 1.79. The smallest absolute Gasteiger partial charge is 0.187 e. The molecule has 0 amide bonds. The van der Waals surface area contributed by atoms with Gasteiger partial charge in [0.15, 0.2) is 9.84 Å². The van der Waals surface area contributed by atoms with Gasteiger partial charge in [0.05, 0.1) is 5.75 Å². The lowest BCUT2D eigenvalue weighted by atomic mass is 10.2. The zero-order chi connectivity index (χ0) is 11.1. The van der Waals surface area contributed by atoms with Gasteiger partial charge in [-0.05, 0) is 24.3 Å². The molecule has 0 saturated heterocycles. The van der Waals surface area contributed by atoms with E-state index in [4.69, 9.17) is 11.6 Å². The van der Waals surface area contributed by atoms with E-state index in [2.05, 4.69) is 0 Å². The SMILES string of the molecule is O=S(=O)(CCCCCCCl)c1cccs1. The Balaban J connectivity index is 2.32. The predicted molar refractivity (Wildman–Crippen MR) is 65.6 cm³/mol. The standard InChI is InChI=1S/C10H15ClO2S2/c11-7-3-1-2-4-9-15(12,13)10-6-5-8-14-10/h5-6,8H,1-4,7,9H2. The molecule has 0 aromatic carbocycles. The van der Waals surface area contributed by atoms with Gasteiger partial charge in [0.2, 0.25) is 0 Å². The van der Waals surface area contributed by atoms with Crippen molar-refractivity contribution in [3.8, 4) is 0 Å². The summed E-state index contributed by atoms with van der Waals surface area (Å²) in [7, 11) is -3.02. The summed E-state index contributed by atoms with van der Waals surface area (Å²) >= 11 is 6.82. The highest BCUT2D eigenvalue weighted by atomic mass is 35.5. The minimum Gasteiger partial charge on any atom is -0.223 e. The Kier molecular flexibility index (Phi) is 5.64. The Morgan fingerprint density at radius 1 is 1.20 bits per heavy atom. The molecule has 0 saturated carbocycles. The Hall–Kier alpha value is -0.0600. The number of thiophene rings is 1. The van der Waals surface area contributed by atoms with Crippen LogP contribution in [0.2, 0.25) is 0 Å². The van der Waals surface area contributed by atoms with Crippen molar-refractivity contribution in [3.63, 3.8) is 0 Å². The molecule has 0 aliphatic carbocycles. The largest absolute Gasteiger partial charge is 0.223 e. The van der Waals surface area contributed by atoms with Crippen LogP contribution in [0, 0.1) is 0 Å². The second-order valence-electron chi connectivity index (χ2n) is 3.35. The number of hydrogen-bond donors (Lipinski definition) is 0. The second-order valence-corrected chi connectivity index (χ2v) is 7.02. The van der Waals surface area contributed by atoms with Gasteiger partial charge in [-0.2, -0.15) is 0 Å². The first-order valence-corrected chi connectivity index (χ1v) is 8.06. The maximum absolute atomic E-state index is 11.7. The normalized spacial score (nSPS) is 11.8. The molecule has 0 aliphatic heterocycles. The molecular formula is C10H15ClO2S2. The molecular weight excluding hydrogens is 252 g/mol. The van der Waals surface area contributed by atoms with E-state index < -0.39 is 9.84 Å². The van der Waals surface area contributed by atoms with Crippen molar-refractivity contribution in [2.45, 2.75) is 29.9 Å². The van der Waals surface area contributed by atoms with Gasteiger partial charge in [0, 0.05) is 5.88 Å². The molecule has 0 unspecified atom stereocenters. The molecule has 0 radical (unpaired) electrons. The van der Waals surface area contributed by atoms with E-state index in [0.717, 1.165) is 25.7 Å². The number of unbranched alkanes of at least 4 members (excludes halogenated alkanes) is 3. The molecule has 86 valence electrons. The Morgan fingerprint density at radius 2 is 1.93 bits per heavy atom. The Bertz CT molecular complexity index is 357. The van der Waals surface area contributed by atoms with Crippen LogP contribution in [0.4, 0.5) is 0 Å². The van der Waals surface area contributed by atoms with Gasteiger partial charge in [-0.3, -0.25) is 0 Å². The van der Waals surface area contributed by atoms with E-state index in [1.165, 1.54) is 11.3 Å². The lowest BCUT2D eigenvalue weighted by Crippen LogP contribution is -2.04. The molecule has 1 heterocycles. The fourth-order valence-electron chi connectivity index (χ4n) is 1.28. The summed E-state index contributed by atoms with van der Waals surface area (Å²) in [6, 6.07) is 3.43. The lowest BCUT2D eigenvalue weighted by molar-refractivity contribution is 0.591. The van der Waals surface area contributed by atoms with Crippen LogP contribution in [0.25, 0.3) is 0 Å². The molecule has 1 aromatic rings. The highest BCUT2D eigenvalue weighted by Gasteiger charge is 2.14. The quantitative estimate of drug-likeness (QED) is 0.560. The highest BCUT2D eigenvalue weighted by molar-refractivity contribution is 7.93. The molecule has 1 rings (SSSR count). The number of halogens is 1. The van der Waals surface area contributed by atoms with Crippen molar-refractivity contribution in [1.29, 1.82) is 0 Å². The van der Waals surface area contributed by atoms with Gasteiger partial charge < -0.3 is 0 Å². The molecule has 0 N–H and O–H groups in total. The fourth-order valence-corrected chi connectivity index (χ4v) is 3.99. The van der Waals surface area contributed by atoms with Crippen LogP contribution in [-0.4, -0.2) is 20.1 Å². The number of hydrogen-bond acceptors (Lipinski definition) is 3. The van der Waals surface area contributed by atoms with E-state index in [9.17, 15) is 8.42 Å². The van der Waals surface area contributed by atoms with Crippen molar-refractivity contribution in [1.82, 2.24) is 0 Å². The maximum atomic E-state index is 11.7. The third-order valence-corrected chi connectivity index (χ3v) is 5.65. The number of sulfone groups is 1. The number of alkyl halides is 1. The fraction of sp³-hybridized carbons (Fsp3) is 0.600. The molecule has 0 spiro atoms. The molecule has 0 aliphatic rings. The Labute approximate surface area is 100 Å². The topological polar surface area (TPSA) is 34.1 Å². The van der Waals surface area contributed by atoms with Gasteiger partial charge in [-0.25, -0.2) is 8.42 Å². The average Bonchev–Trinajstić information content (AvgIpc) is 2.70. The van der Waals surface area contributed by atoms with Crippen molar-refractivity contribution >= 4 is 32.8 Å². The average molecular weight is 267 g/mol. The van der Waals surface area contributed by atoms with Crippen LogP contribution in [-0.2, 0) is 9.84 Å². The maximum Gasteiger partial charge on any atom is 0.187 e. The number of rotatable bonds is 7. The zero-order valence-electron chi connectivity index (χ0n) is 8.49. The molecule has 0 fully saturated rings. The summed E-state index contributed by atoms with van der Waals surface area (Å²) in [6.45, 7) is 0. The van der Waals surface area contributed by atoms with Crippen LogP contribution in [0.15, 0.2) is 21.7 Å². The third-order valence-electron chi connectivity index (χ3n) is 2.10. The summed E-state index contributed by atoms with van der Waals surface area (Å²) in [6.07, 6.45) is 3.67. The van der Waals surface area contributed by atoms with E-state index >= 15 is 0 Å².